The fraction of sp³-hybridized carbons (Fsp3) is 0.118. The van der Waals surface area contributed by atoms with Gasteiger partial charge >= 0.3 is 0 Å². The van der Waals surface area contributed by atoms with Crippen LogP contribution in [0.5, 0.6) is 0 Å². The number of amides is 2. The lowest BCUT2D eigenvalue weighted by molar-refractivity contribution is -0.895. The Labute approximate surface area is 142 Å². The van der Waals surface area contributed by atoms with Crippen LogP contribution in [0.3, 0.4) is 0 Å². The number of hydrogen-bond acceptors (Lipinski definition) is 5. The summed E-state index contributed by atoms with van der Waals surface area (Å²) in [5.41, 5.74) is 0.653. The molecule has 8 heteroatoms. The monoisotopic (exact) mass is 339 g/mol. The van der Waals surface area contributed by atoms with E-state index in [1.807, 2.05) is 0 Å². The van der Waals surface area contributed by atoms with Gasteiger partial charge in [0.25, 0.3) is 11.8 Å². The highest BCUT2D eigenvalue weighted by atomic mass is 16.5. The van der Waals surface area contributed by atoms with Crippen molar-refractivity contribution in [3.05, 3.63) is 64.5 Å². The molecule has 2 aliphatic rings. The minimum atomic E-state index is -1.37. The molecular weight excluding hydrogens is 326 g/mol. The lowest BCUT2D eigenvalue weighted by atomic mass is 10.0. The van der Waals surface area contributed by atoms with Crippen molar-refractivity contribution in [2.45, 2.75) is 12.1 Å². The number of carbonyl (C=O) groups excluding carboxylic acids is 3. The Morgan fingerprint density at radius 3 is 2.08 bits per heavy atom. The van der Waals surface area contributed by atoms with Crippen molar-refractivity contribution in [2.24, 2.45) is 0 Å². The van der Waals surface area contributed by atoms with E-state index in [-0.39, 0.29) is 16.9 Å². The molecule has 2 aromatic rings. The fourth-order valence-corrected chi connectivity index (χ4v) is 3.42. The third-order valence-corrected chi connectivity index (χ3v) is 4.60. The van der Waals surface area contributed by atoms with Crippen LogP contribution >= 0.6 is 0 Å². The normalized spacial score (nSPS) is 27.8. The summed E-state index contributed by atoms with van der Waals surface area (Å²) >= 11 is 0. The van der Waals surface area contributed by atoms with E-state index < -0.39 is 34.0 Å². The van der Waals surface area contributed by atoms with Crippen LogP contribution in [0.15, 0.2) is 48.5 Å². The van der Waals surface area contributed by atoms with Crippen LogP contribution in [0.1, 0.15) is 10.4 Å². The summed E-state index contributed by atoms with van der Waals surface area (Å²) < 4.78 is 0. The van der Waals surface area contributed by atoms with Crippen LogP contribution in [0.25, 0.3) is 0 Å². The second kappa shape index (κ2) is 5.57. The second-order valence-electron chi connectivity index (χ2n) is 5.95. The van der Waals surface area contributed by atoms with E-state index in [1.165, 1.54) is 18.2 Å². The first-order valence-electron chi connectivity index (χ1n) is 7.65. The highest BCUT2D eigenvalue weighted by Crippen LogP contribution is 2.26. The number of hydroxylamine groups is 2. The Balaban J connectivity index is 1.82. The van der Waals surface area contributed by atoms with Crippen molar-refractivity contribution in [1.82, 2.24) is 0 Å². The largest absolute Gasteiger partial charge is 0.628 e. The van der Waals surface area contributed by atoms with Gasteiger partial charge in [-0.1, -0.05) is 18.2 Å². The molecule has 0 aliphatic carbocycles. The van der Waals surface area contributed by atoms with Crippen molar-refractivity contribution >= 4 is 35.2 Å². The maximum Gasteiger partial charge on any atom is 0.300 e. The molecular formula is C17H13N3O5. The molecule has 0 saturated carbocycles. The van der Waals surface area contributed by atoms with Gasteiger partial charge < -0.3 is 20.5 Å². The Morgan fingerprint density at radius 2 is 1.48 bits per heavy atom. The van der Waals surface area contributed by atoms with Crippen molar-refractivity contribution in [3.63, 3.8) is 0 Å². The predicted molar refractivity (Wildman–Crippen MR) is 86.3 cm³/mol. The number of aldehydes is 1. The smallest absolute Gasteiger partial charge is 0.300 e. The van der Waals surface area contributed by atoms with E-state index in [2.05, 4.69) is 0 Å². The molecule has 0 bridgehead atoms. The maximum atomic E-state index is 12.8. The Hall–Kier alpha value is -2.91. The third-order valence-electron chi connectivity index (χ3n) is 4.60. The SMILES string of the molecule is O=Cc1ccc2c(c1)[NH+]([O-])C1C(=O)N(c3ccccc3)C(=O)C1[NH+]2[O-]. The number of imide groups is 1. The summed E-state index contributed by atoms with van der Waals surface area (Å²) in [7, 11) is 0. The molecule has 25 heavy (non-hydrogen) atoms. The molecule has 4 unspecified atom stereocenters. The van der Waals surface area contributed by atoms with Gasteiger partial charge in [-0.2, -0.15) is 0 Å². The number of anilines is 1. The van der Waals surface area contributed by atoms with Crippen LogP contribution in [0.4, 0.5) is 17.1 Å². The summed E-state index contributed by atoms with van der Waals surface area (Å²) in [5.74, 6) is -1.40. The van der Waals surface area contributed by atoms with E-state index in [0.29, 0.717) is 12.0 Å². The lowest BCUT2D eigenvalue weighted by Crippen LogP contribution is -3.23. The third kappa shape index (κ3) is 2.13. The summed E-state index contributed by atoms with van der Waals surface area (Å²) in [5, 5.41) is 24.4. The highest BCUT2D eigenvalue weighted by molar-refractivity contribution is 6.24. The average molecular weight is 339 g/mol. The molecule has 1 saturated heterocycles. The van der Waals surface area contributed by atoms with Gasteiger partial charge in [0.2, 0.25) is 12.1 Å². The molecule has 0 spiro atoms. The molecule has 2 N–H and O–H groups in total. The number of benzene rings is 2. The van der Waals surface area contributed by atoms with E-state index >= 15 is 0 Å². The highest BCUT2D eigenvalue weighted by Gasteiger charge is 2.60. The molecule has 2 amide bonds. The van der Waals surface area contributed by atoms with Crippen molar-refractivity contribution < 1.29 is 24.5 Å². The lowest BCUT2D eigenvalue weighted by Gasteiger charge is -2.40. The van der Waals surface area contributed by atoms with Gasteiger partial charge in [0.05, 0.1) is 5.69 Å². The van der Waals surface area contributed by atoms with Crippen LogP contribution in [-0.2, 0) is 9.59 Å². The van der Waals surface area contributed by atoms with Crippen LogP contribution in [-0.4, -0.2) is 30.2 Å². The average Bonchev–Trinajstić information content (AvgIpc) is 2.91. The van der Waals surface area contributed by atoms with E-state index in [9.17, 15) is 24.8 Å². The first-order chi connectivity index (χ1) is 12.0. The zero-order valence-electron chi connectivity index (χ0n) is 12.8. The van der Waals surface area contributed by atoms with Gasteiger partial charge in [-0.15, -0.1) is 0 Å². The number of quaternary nitrogens is 2. The first-order valence-corrected chi connectivity index (χ1v) is 7.65. The summed E-state index contributed by atoms with van der Waals surface area (Å²) in [6.45, 7) is 0. The van der Waals surface area contributed by atoms with Crippen LogP contribution < -0.4 is 15.0 Å². The Kier molecular flexibility index (Phi) is 3.48. The molecule has 8 nitrogen and oxygen atoms in total. The van der Waals surface area contributed by atoms with Crippen molar-refractivity contribution in [2.75, 3.05) is 4.90 Å². The molecule has 0 radical (unpaired) electrons. The fourth-order valence-electron chi connectivity index (χ4n) is 3.42. The topological polar surface area (TPSA) is 109 Å². The minimum absolute atomic E-state index is 0.0203. The summed E-state index contributed by atoms with van der Waals surface area (Å²) in [6.07, 6.45) is 0.558. The second-order valence-corrected chi connectivity index (χ2v) is 5.95. The van der Waals surface area contributed by atoms with Crippen LogP contribution in [0.2, 0.25) is 0 Å². The predicted octanol–water partition coefficient (Wildman–Crippen LogP) is -1.15. The quantitative estimate of drug-likeness (QED) is 0.408. The van der Waals surface area contributed by atoms with Gasteiger partial charge in [-0.3, -0.25) is 14.4 Å². The molecule has 1 fully saturated rings. The number of nitrogens with one attached hydrogen (secondary N) is 2. The van der Waals surface area contributed by atoms with E-state index in [0.717, 1.165) is 4.90 Å². The minimum Gasteiger partial charge on any atom is -0.628 e. The Bertz CT molecular complexity index is 885. The molecule has 2 aromatic carbocycles. The van der Waals surface area contributed by atoms with E-state index in [1.54, 1.807) is 30.3 Å². The summed E-state index contributed by atoms with van der Waals surface area (Å²) in [4.78, 5) is 37.3. The number of rotatable bonds is 2. The van der Waals surface area contributed by atoms with Gasteiger partial charge in [-0.25, -0.2) is 4.90 Å². The Morgan fingerprint density at radius 1 is 0.880 bits per heavy atom. The number of fused-ring (bicyclic) bond motifs is 2. The van der Waals surface area contributed by atoms with Crippen molar-refractivity contribution in [3.8, 4) is 0 Å². The number of hydrogen-bond donors (Lipinski definition) is 2. The van der Waals surface area contributed by atoms with Gasteiger partial charge in [0.15, 0.2) is 11.4 Å². The number of carbonyl (C=O) groups is 3. The molecule has 0 aromatic heterocycles. The number of nitrogens with zero attached hydrogens (tertiary/aromatic N) is 1. The zero-order chi connectivity index (χ0) is 17.7. The van der Waals surface area contributed by atoms with Gasteiger partial charge in [0.1, 0.15) is 6.29 Å². The van der Waals surface area contributed by atoms with E-state index in [4.69, 9.17) is 0 Å². The maximum absolute atomic E-state index is 12.8. The molecule has 2 aliphatic heterocycles. The summed E-state index contributed by atoms with van der Waals surface area (Å²) in [6, 6.07) is 9.55. The van der Waals surface area contributed by atoms with Crippen molar-refractivity contribution in [1.29, 1.82) is 0 Å². The van der Waals surface area contributed by atoms with Crippen LogP contribution in [0, 0.1) is 10.4 Å². The van der Waals surface area contributed by atoms with Gasteiger partial charge in [0, 0.05) is 17.7 Å². The van der Waals surface area contributed by atoms with Gasteiger partial charge in [-0.05, 0) is 18.2 Å². The number of para-hydroxylation sites is 1. The molecule has 2 heterocycles. The standard InChI is InChI=1S/C17H13N3O5/c21-9-10-6-7-12-13(8-10)20(25)15-14(19(12)24)16(22)18(17(15)23)11-4-2-1-3-5-11/h1-9,14-15,19-20H. The molecule has 4 rings (SSSR count). The zero-order valence-corrected chi connectivity index (χ0v) is 12.8. The first kappa shape index (κ1) is 15.6. The molecule has 126 valence electrons. The molecule has 4 atom stereocenters.